The number of carbonyl (C=O) groups is 1. The standard InChI is InChI=1S/C30H29FN6OS/c1-20-6-8-22(9-7-20)19-26-32-28(35-14-4-15-36(17-16-35)30(38)25-5-3-18-39-25)27-21(2)34-37(29(27)33-26)24-12-10-23(31)11-13-24/h3,5-13,18H,4,14-17,19H2,1-2H3. The Bertz CT molecular complexity index is 1610. The van der Waals surface area contributed by atoms with E-state index in [1.165, 1.54) is 29.0 Å². The van der Waals surface area contributed by atoms with Crippen LogP contribution in [0.3, 0.4) is 0 Å². The normalized spacial score (nSPS) is 14.1. The molecule has 5 aromatic rings. The van der Waals surface area contributed by atoms with Crippen LogP contribution < -0.4 is 4.90 Å². The van der Waals surface area contributed by atoms with Crippen molar-refractivity contribution >= 4 is 34.1 Å². The summed E-state index contributed by atoms with van der Waals surface area (Å²) < 4.78 is 15.5. The van der Waals surface area contributed by atoms with E-state index in [0.717, 1.165) is 46.0 Å². The zero-order valence-electron chi connectivity index (χ0n) is 22.0. The van der Waals surface area contributed by atoms with Gasteiger partial charge in [0.2, 0.25) is 0 Å². The van der Waals surface area contributed by atoms with Gasteiger partial charge in [0, 0.05) is 32.6 Å². The molecule has 0 aliphatic carbocycles. The van der Waals surface area contributed by atoms with Crippen LogP contribution >= 0.6 is 11.3 Å². The third-order valence-electron chi connectivity index (χ3n) is 7.10. The van der Waals surface area contributed by atoms with E-state index in [1.54, 1.807) is 16.8 Å². The number of fused-ring (bicyclic) bond motifs is 1. The molecular weight excluding hydrogens is 511 g/mol. The molecule has 1 fully saturated rings. The van der Waals surface area contributed by atoms with Gasteiger partial charge in [-0.25, -0.2) is 19.0 Å². The Kier molecular flexibility index (Phi) is 6.83. The predicted octanol–water partition coefficient (Wildman–Crippen LogP) is 5.58. The van der Waals surface area contributed by atoms with E-state index in [-0.39, 0.29) is 11.7 Å². The molecule has 1 aliphatic rings. The number of carbonyl (C=O) groups excluding carboxylic acids is 1. The smallest absolute Gasteiger partial charge is 0.263 e. The van der Waals surface area contributed by atoms with Gasteiger partial charge in [-0.3, -0.25) is 4.79 Å². The molecule has 0 unspecified atom stereocenters. The lowest BCUT2D eigenvalue weighted by atomic mass is 10.1. The minimum atomic E-state index is -0.298. The van der Waals surface area contributed by atoms with Crippen molar-refractivity contribution in [1.29, 1.82) is 0 Å². The minimum Gasteiger partial charge on any atom is -0.354 e. The fourth-order valence-electron chi connectivity index (χ4n) is 5.05. The Morgan fingerprint density at radius 3 is 2.49 bits per heavy atom. The van der Waals surface area contributed by atoms with Crippen molar-refractivity contribution < 1.29 is 9.18 Å². The first-order valence-corrected chi connectivity index (χ1v) is 14.0. The van der Waals surface area contributed by atoms with E-state index in [1.807, 2.05) is 29.3 Å². The van der Waals surface area contributed by atoms with Gasteiger partial charge in [0.05, 0.1) is 21.6 Å². The lowest BCUT2D eigenvalue weighted by Gasteiger charge is -2.24. The van der Waals surface area contributed by atoms with E-state index in [2.05, 4.69) is 36.1 Å². The summed E-state index contributed by atoms with van der Waals surface area (Å²) in [7, 11) is 0. The van der Waals surface area contributed by atoms with Crippen molar-refractivity contribution in [2.24, 2.45) is 0 Å². The molecular formula is C30H29FN6OS. The molecule has 0 saturated carbocycles. The molecule has 1 amide bonds. The summed E-state index contributed by atoms with van der Waals surface area (Å²) in [6.45, 7) is 6.77. The molecule has 0 atom stereocenters. The minimum absolute atomic E-state index is 0.0834. The lowest BCUT2D eigenvalue weighted by Crippen LogP contribution is -2.35. The summed E-state index contributed by atoms with van der Waals surface area (Å²) in [5, 5.41) is 7.62. The van der Waals surface area contributed by atoms with Gasteiger partial charge in [0.15, 0.2) is 5.65 Å². The van der Waals surface area contributed by atoms with Crippen LogP contribution in [0, 0.1) is 19.7 Å². The third kappa shape index (κ3) is 5.14. The zero-order valence-corrected chi connectivity index (χ0v) is 22.8. The monoisotopic (exact) mass is 540 g/mol. The molecule has 1 saturated heterocycles. The lowest BCUT2D eigenvalue weighted by molar-refractivity contribution is 0.0772. The van der Waals surface area contributed by atoms with Gasteiger partial charge in [-0.1, -0.05) is 35.9 Å². The third-order valence-corrected chi connectivity index (χ3v) is 7.96. The second-order valence-electron chi connectivity index (χ2n) is 9.91. The molecule has 4 heterocycles. The molecule has 0 bridgehead atoms. The Morgan fingerprint density at radius 2 is 1.74 bits per heavy atom. The summed E-state index contributed by atoms with van der Waals surface area (Å²) in [6.07, 6.45) is 1.41. The van der Waals surface area contributed by atoms with E-state index in [4.69, 9.17) is 15.1 Å². The number of aromatic nitrogens is 4. The van der Waals surface area contributed by atoms with Crippen LogP contribution in [0.15, 0.2) is 66.0 Å². The first kappa shape index (κ1) is 25.2. The van der Waals surface area contributed by atoms with E-state index < -0.39 is 0 Å². The van der Waals surface area contributed by atoms with Crippen LogP contribution in [-0.2, 0) is 6.42 Å². The highest BCUT2D eigenvalue weighted by Crippen LogP contribution is 2.30. The molecule has 6 rings (SSSR count). The van der Waals surface area contributed by atoms with Crippen molar-refractivity contribution in [3.05, 3.63) is 99.4 Å². The van der Waals surface area contributed by atoms with E-state index >= 15 is 0 Å². The van der Waals surface area contributed by atoms with Crippen LogP contribution in [0.4, 0.5) is 10.2 Å². The van der Waals surface area contributed by atoms with Crippen LogP contribution in [-0.4, -0.2) is 56.7 Å². The van der Waals surface area contributed by atoms with Gasteiger partial charge < -0.3 is 9.80 Å². The maximum atomic E-state index is 13.7. The Labute approximate surface area is 230 Å². The van der Waals surface area contributed by atoms with Crippen LogP contribution in [0.5, 0.6) is 0 Å². The number of aryl methyl sites for hydroxylation is 2. The number of benzene rings is 2. The van der Waals surface area contributed by atoms with Crippen molar-refractivity contribution in [1.82, 2.24) is 24.6 Å². The van der Waals surface area contributed by atoms with Gasteiger partial charge >= 0.3 is 0 Å². The summed E-state index contributed by atoms with van der Waals surface area (Å²) >= 11 is 1.48. The molecule has 1 aliphatic heterocycles. The first-order chi connectivity index (χ1) is 19.0. The fraction of sp³-hybridized carbons (Fsp3) is 0.267. The van der Waals surface area contributed by atoms with Crippen molar-refractivity contribution in [3.8, 4) is 5.69 Å². The molecule has 2 aromatic carbocycles. The highest BCUT2D eigenvalue weighted by molar-refractivity contribution is 7.12. The number of hydrogen-bond acceptors (Lipinski definition) is 6. The molecule has 0 radical (unpaired) electrons. The topological polar surface area (TPSA) is 67.2 Å². The van der Waals surface area contributed by atoms with Crippen LogP contribution in [0.25, 0.3) is 16.7 Å². The number of amides is 1. The highest BCUT2D eigenvalue weighted by Gasteiger charge is 2.26. The average Bonchev–Trinajstić information content (AvgIpc) is 3.51. The van der Waals surface area contributed by atoms with Crippen molar-refractivity contribution in [2.75, 3.05) is 31.1 Å². The molecule has 0 N–H and O–H groups in total. The molecule has 198 valence electrons. The van der Waals surface area contributed by atoms with Crippen molar-refractivity contribution in [3.63, 3.8) is 0 Å². The zero-order chi connectivity index (χ0) is 26.9. The maximum absolute atomic E-state index is 13.7. The summed E-state index contributed by atoms with van der Waals surface area (Å²) in [4.78, 5) is 28.1. The highest BCUT2D eigenvalue weighted by atomic mass is 32.1. The fourth-order valence-corrected chi connectivity index (χ4v) is 5.74. The largest absolute Gasteiger partial charge is 0.354 e. The second-order valence-corrected chi connectivity index (χ2v) is 10.9. The van der Waals surface area contributed by atoms with Crippen LogP contribution in [0.2, 0.25) is 0 Å². The Balaban J connectivity index is 1.40. The summed E-state index contributed by atoms with van der Waals surface area (Å²) in [5.41, 5.74) is 4.57. The quantitative estimate of drug-likeness (QED) is 0.291. The number of nitrogens with zero attached hydrogens (tertiary/aromatic N) is 6. The molecule has 39 heavy (non-hydrogen) atoms. The van der Waals surface area contributed by atoms with Crippen molar-refractivity contribution in [2.45, 2.75) is 26.7 Å². The van der Waals surface area contributed by atoms with E-state index in [9.17, 15) is 9.18 Å². The van der Waals surface area contributed by atoms with Gasteiger partial charge in [-0.2, -0.15) is 5.10 Å². The summed E-state index contributed by atoms with van der Waals surface area (Å²) in [6, 6.07) is 18.5. The number of rotatable bonds is 5. The first-order valence-electron chi connectivity index (χ1n) is 13.1. The predicted molar refractivity (Wildman–Crippen MR) is 152 cm³/mol. The van der Waals surface area contributed by atoms with E-state index in [0.29, 0.717) is 37.5 Å². The Hall–Kier alpha value is -4.11. The Morgan fingerprint density at radius 1 is 0.949 bits per heavy atom. The maximum Gasteiger partial charge on any atom is 0.263 e. The molecule has 9 heteroatoms. The number of anilines is 1. The molecule has 3 aromatic heterocycles. The summed E-state index contributed by atoms with van der Waals surface area (Å²) in [5.74, 6) is 1.31. The number of halogens is 1. The second kappa shape index (κ2) is 10.6. The number of thiophene rings is 1. The van der Waals surface area contributed by atoms with Gasteiger partial charge in [0.1, 0.15) is 17.5 Å². The van der Waals surface area contributed by atoms with Gasteiger partial charge in [-0.15, -0.1) is 11.3 Å². The van der Waals surface area contributed by atoms with Gasteiger partial charge in [0.25, 0.3) is 5.91 Å². The molecule has 0 spiro atoms. The average molecular weight is 541 g/mol. The van der Waals surface area contributed by atoms with Gasteiger partial charge in [-0.05, 0) is 61.5 Å². The van der Waals surface area contributed by atoms with Crippen LogP contribution in [0.1, 0.15) is 38.7 Å². The molecule has 7 nitrogen and oxygen atoms in total. The SMILES string of the molecule is Cc1ccc(Cc2nc(N3CCCN(C(=O)c4cccs4)CC3)c3c(C)nn(-c4ccc(F)cc4)c3n2)cc1. The number of hydrogen-bond donors (Lipinski definition) is 0.